The molecule has 2 aliphatic rings. The summed E-state index contributed by atoms with van der Waals surface area (Å²) in [4.78, 5) is 21.5. The molecule has 1 fully saturated rings. The summed E-state index contributed by atoms with van der Waals surface area (Å²) in [7, 11) is 3.23. The molecule has 0 unspecified atom stereocenters. The maximum absolute atomic E-state index is 12.0. The van der Waals surface area contributed by atoms with Crippen LogP contribution in [0, 0.1) is 0 Å². The standard InChI is InChI=1S/C28H31N3O4/c1-34-22-9-12-26(35-2)24(18-22)25-11-10-23(28(32)33)27(29-25)31-15-13-30(14-16-31)21-8-7-19-5-3-4-6-20(19)17-21/h3-6,9-12,18,21H,7-8,13-17H2,1-2H3,(H,32,33)/t21-/m0/s1. The number of carboxylic acids is 1. The average Bonchev–Trinajstić information content (AvgIpc) is 2.92. The summed E-state index contributed by atoms with van der Waals surface area (Å²) in [6.45, 7) is 3.26. The van der Waals surface area contributed by atoms with Crippen LogP contribution < -0.4 is 14.4 Å². The molecule has 35 heavy (non-hydrogen) atoms. The molecule has 1 aliphatic carbocycles. The zero-order valence-electron chi connectivity index (χ0n) is 20.2. The molecule has 2 aromatic carbocycles. The zero-order chi connectivity index (χ0) is 24.4. The van der Waals surface area contributed by atoms with Gasteiger partial charge in [-0.05, 0) is 60.7 Å². The molecule has 7 heteroatoms. The number of ether oxygens (including phenoxy) is 2. The van der Waals surface area contributed by atoms with Crippen LogP contribution in [0.25, 0.3) is 11.3 Å². The number of aromatic nitrogens is 1. The molecule has 3 aromatic rings. The summed E-state index contributed by atoms with van der Waals surface area (Å²) >= 11 is 0. The number of aryl methyl sites for hydroxylation is 1. The molecule has 7 nitrogen and oxygen atoms in total. The van der Waals surface area contributed by atoms with Crippen LogP contribution in [-0.2, 0) is 12.8 Å². The summed E-state index contributed by atoms with van der Waals surface area (Å²) in [6.07, 6.45) is 3.37. The third kappa shape index (κ3) is 4.68. The van der Waals surface area contributed by atoms with E-state index in [1.807, 2.05) is 18.2 Å². The number of hydrogen-bond donors (Lipinski definition) is 1. The first-order valence-corrected chi connectivity index (χ1v) is 12.1. The van der Waals surface area contributed by atoms with E-state index >= 15 is 0 Å². The molecule has 182 valence electrons. The Morgan fingerprint density at radius 1 is 0.971 bits per heavy atom. The molecular formula is C28H31N3O4. The molecule has 0 saturated carbocycles. The Morgan fingerprint density at radius 2 is 1.74 bits per heavy atom. The fraction of sp³-hybridized carbons (Fsp3) is 0.357. The molecule has 1 atom stereocenters. The lowest BCUT2D eigenvalue weighted by molar-refractivity contribution is 0.0696. The van der Waals surface area contributed by atoms with Gasteiger partial charge in [-0.2, -0.15) is 0 Å². The lowest BCUT2D eigenvalue weighted by Gasteiger charge is -2.41. The van der Waals surface area contributed by atoms with Crippen molar-refractivity contribution in [2.24, 2.45) is 0 Å². The minimum Gasteiger partial charge on any atom is -0.497 e. The second-order valence-corrected chi connectivity index (χ2v) is 9.13. The van der Waals surface area contributed by atoms with Gasteiger partial charge >= 0.3 is 5.97 Å². The molecule has 1 saturated heterocycles. The number of fused-ring (bicyclic) bond motifs is 1. The minimum absolute atomic E-state index is 0.218. The second kappa shape index (κ2) is 9.96. The van der Waals surface area contributed by atoms with E-state index in [-0.39, 0.29) is 5.56 Å². The highest BCUT2D eigenvalue weighted by atomic mass is 16.5. The lowest BCUT2D eigenvalue weighted by Crippen LogP contribution is -2.52. The monoisotopic (exact) mass is 473 g/mol. The van der Waals surface area contributed by atoms with E-state index in [0.717, 1.165) is 44.6 Å². The third-order valence-corrected chi connectivity index (χ3v) is 7.24. The van der Waals surface area contributed by atoms with Gasteiger partial charge in [0.15, 0.2) is 0 Å². The fourth-order valence-corrected chi connectivity index (χ4v) is 5.31. The van der Waals surface area contributed by atoms with Crippen molar-refractivity contribution in [1.82, 2.24) is 9.88 Å². The van der Waals surface area contributed by atoms with Gasteiger partial charge in [-0.1, -0.05) is 24.3 Å². The quantitative estimate of drug-likeness (QED) is 0.577. The number of hydrogen-bond acceptors (Lipinski definition) is 6. The normalized spacial score (nSPS) is 18.1. The van der Waals surface area contributed by atoms with Gasteiger partial charge in [0, 0.05) is 37.8 Å². The predicted octanol–water partition coefficient (Wildman–Crippen LogP) is 4.14. The van der Waals surface area contributed by atoms with E-state index in [1.165, 1.54) is 17.5 Å². The van der Waals surface area contributed by atoms with Crippen LogP contribution in [0.5, 0.6) is 11.5 Å². The topological polar surface area (TPSA) is 75.1 Å². The molecule has 1 aromatic heterocycles. The van der Waals surface area contributed by atoms with Crippen molar-refractivity contribution >= 4 is 11.8 Å². The van der Waals surface area contributed by atoms with E-state index in [0.29, 0.717) is 29.1 Å². The number of carboxylic acid groups (broad SMARTS) is 1. The van der Waals surface area contributed by atoms with Gasteiger partial charge in [-0.15, -0.1) is 0 Å². The number of piperazine rings is 1. The average molecular weight is 474 g/mol. The molecular weight excluding hydrogens is 442 g/mol. The van der Waals surface area contributed by atoms with Gasteiger partial charge in [-0.25, -0.2) is 9.78 Å². The molecule has 2 heterocycles. The van der Waals surface area contributed by atoms with E-state index in [2.05, 4.69) is 34.1 Å². The maximum Gasteiger partial charge on any atom is 0.339 e. The number of carbonyl (C=O) groups is 1. The summed E-state index contributed by atoms with van der Waals surface area (Å²) in [5.41, 5.74) is 4.58. The van der Waals surface area contributed by atoms with Gasteiger partial charge < -0.3 is 19.5 Å². The Hall–Kier alpha value is -3.58. The van der Waals surface area contributed by atoms with Crippen molar-refractivity contribution in [2.75, 3.05) is 45.3 Å². The third-order valence-electron chi connectivity index (χ3n) is 7.24. The Labute approximate surface area is 205 Å². The van der Waals surface area contributed by atoms with Crippen molar-refractivity contribution in [2.45, 2.75) is 25.3 Å². The van der Waals surface area contributed by atoms with Gasteiger partial charge in [0.05, 0.1) is 19.9 Å². The van der Waals surface area contributed by atoms with Crippen LogP contribution in [-0.4, -0.2) is 67.4 Å². The number of methoxy groups -OCH3 is 2. The second-order valence-electron chi connectivity index (χ2n) is 9.13. The minimum atomic E-state index is -0.969. The summed E-state index contributed by atoms with van der Waals surface area (Å²) < 4.78 is 10.9. The highest BCUT2D eigenvalue weighted by molar-refractivity contribution is 5.94. The number of aromatic carboxylic acids is 1. The fourth-order valence-electron chi connectivity index (χ4n) is 5.31. The molecule has 5 rings (SSSR count). The SMILES string of the molecule is COc1ccc(OC)c(-c2ccc(C(=O)O)c(N3CCN([C@H]4CCc5ccccc5C4)CC3)n2)c1. The van der Waals surface area contributed by atoms with Crippen molar-refractivity contribution in [3.05, 3.63) is 71.3 Å². The van der Waals surface area contributed by atoms with Crippen LogP contribution in [0.3, 0.4) is 0 Å². The van der Waals surface area contributed by atoms with Gasteiger partial charge in [-0.3, -0.25) is 4.90 Å². The Balaban J connectivity index is 1.37. The maximum atomic E-state index is 12.0. The van der Waals surface area contributed by atoms with Crippen LogP contribution in [0.4, 0.5) is 5.82 Å². The van der Waals surface area contributed by atoms with Gasteiger partial charge in [0.2, 0.25) is 0 Å². The number of pyridine rings is 1. The molecule has 0 radical (unpaired) electrons. The number of benzene rings is 2. The first kappa shape index (κ1) is 23.2. The lowest BCUT2D eigenvalue weighted by atomic mass is 9.87. The number of nitrogens with zero attached hydrogens (tertiary/aromatic N) is 3. The molecule has 0 bridgehead atoms. The van der Waals surface area contributed by atoms with Crippen molar-refractivity contribution in [3.8, 4) is 22.8 Å². The number of anilines is 1. The largest absolute Gasteiger partial charge is 0.497 e. The van der Waals surface area contributed by atoms with Crippen LogP contribution in [0.15, 0.2) is 54.6 Å². The van der Waals surface area contributed by atoms with Crippen molar-refractivity contribution < 1.29 is 19.4 Å². The summed E-state index contributed by atoms with van der Waals surface area (Å²) in [6, 6.07) is 18.2. The highest BCUT2D eigenvalue weighted by Crippen LogP contribution is 2.34. The zero-order valence-corrected chi connectivity index (χ0v) is 20.2. The first-order valence-electron chi connectivity index (χ1n) is 12.1. The van der Waals surface area contributed by atoms with Crippen LogP contribution in [0.1, 0.15) is 27.9 Å². The van der Waals surface area contributed by atoms with Gasteiger partial charge in [0.25, 0.3) is 0 Å². The first-order chi connectivity index (χ1) is 17.1. The number of rotatable bonds is 6. The molecule has 0 amide bonds. The van der Waals surface area contributed by atoms with Gasteiger partial charge in [0.1, 0.15) is 22.9 Å². The predicted molar refractivity (Wildman–Crippen MR) is 136 cm³/mol. The molecule has 0 spiro atoms. The van der Waals surface area contributed by atoms with E-state index in [1.54, 1.807) is 26.4 Å². The van der Waals surface area contributed by atoms with Crippen LogP contribution >= 0.6 is 0 Å². The van der Waals surface area contributed by atoms with E-state index in [4.69, 9.17) is 14.5 Å². The Kier molecular flexibility index (Phi) is 6.59. The summed E-state index contributed by atoms with van der Waals surface area (Å²) in [5.74, 6) is 0.889. The Bertz CT molecular complexity index is 1220. The summed E-state index contributed by atoms with van der Waals surface area (Å²) in [5, 5.41) is 9.87. The van der Waals surface area contributed by atoms with E-state index < -0.39 is 5.97 Å². The highest BCUT2D eigenvalue weighted by Gasteiger charge is 2.29. The smallest absolute Gasteiger partial charge is 0.339 e. The van der Waals surface area contributed by atoms with E-state index in [9.17, 15) is 9.90 Å². The van der Waals surface area contributed by atoms with Crippen molar-refractivity contribution in [1.29, 1.82) is 0 Å². The molecule has 1 N–H and O–H groups in total. The van der Waals surface area contributed by atoms with Crippen molar-refractivity contribution in [3.63, 3.8) is 0 Å². The Morgan fingerprint density at radius 3 is 2.46 bits per heavy atom. The van der Waals surface area contributed by atoms with Crippen LogP contribution in [0.2, 0.25) is 0 Å². The molecule has 1 aliphatic heterocycles.